The average molecular weight is 298 g/mol. The van der Waals surface area contributed by atoms with Gasteiger partial charge in [-0.1, -0.05) is 13.8 Å². The molecule has 0 aliphatic carbocycles. The minimum absolute atomic E-state index is 0.0757. The number of carbonyl (C=O) groups is 2. The number of hydrogen-bond acceptors (Lipinski definition) is 4. The fourth-order valence-electron chi connectivity index (χ4n) is 3.53. The largest absolute Gasteiger partial charge is 0.481 e. The summed E-state index contributed by atoms with van der Waals surface area (Å²) in [6.07, 6.45) is 0.811. The highest BCUT2D eigenvalue weighted by Gasteiger charge is 2.49. The molecular formula is C15H26N2O4. The van der Waals surface area contributed by atoms with Crippen LogP contribution in [0.4, 0.5) is 0 Å². The molecule has 6 nitrogen and oxygen atoms in total. The zero-order valence-corrected chi connectivity index (χ0v) is 13.1. The summed E-state index contributed by atoms with van der Waals surface area (Å²) in [5.74, 6) is -1.20. The monoisotopic (exact) mass is 298 g/mol. The number of nitrogens with one attached hydrogen (secondary N) is 1. The molecule has 2 N–H and O–H groups in total. The minimum Gasteiger partial charge on any atom is -0.481 e. The Balaban J connectivity index is 2.24. The molecule has 0 aromatic rings. The first-order chi connectivity index (χ1) is 9.94. The maximum absolute atomic E-state index is 13.1. The van der Waals surface area contributed by atoms with Gasteiger partial charge in [-0.2, -0.15) is 0 Å². The number of rotatable bonds is 5. The van der Waals surface area contributed by atoms with Gasteiger partial charge in [-0.15, -0.1) is 0 Å². The van der Waals surface area contributed by atoms with Gasteiger partial charge < -0.3 is 20.1 Å². The van der Waals surface area contributed by atoms with E-state index >= 15 is 0 Å². The normalized spacial score (nSPS) is 32.6. The third kappa shape index (κ3) is 2.79. The molecule has 2 aliphatic rings. The highest BCUT2D eigenvalue weighted by Crippen LogP contribution is 2.37. The van der Waals surface area contributed by atoms with Gasteiger partial charge in [0.1, 0.15) is 5.92 Å². The summed E-state index contributed by atoms with van der Waals surface area (Å²) in [5, 5.41) is 12.6. The van der Waals surface area contributed by atoms with Crippen molar-refractivity contribution in [3.05, 3.63) is 0 Å². The van der Waals surface area contributed by atoms with Crippen molar-refractivity contribution in [3.63, 3.8) is 0 Å². The first kappa shape index (κ1) is 16.2. The molecule has 0 aromatic heterocycles. The lowest BCUT2D eigenvalue weighted by atomic mass is 9.74. The van der Waals surface area contributed by atoms with E-state index in [0.29, 0.717) is 19.7 Å². The maximum Gasteiger partial charge on any atom is 0.311 e. The molecule has 2 heterocycles. The fourth-order valence-corrected chi connectivity index (χ4v) is 3.53. The molecule has 21 heavy (non-hydrogen) atoms. The van der Waals surface area contributed by atoms with Crippen LogP contribution >= 0.6 is 0 Å². The standard InChI is InChI=1S/C15H26N2O4/c1-4-17(12-8-21-7-11(12)13(18)19)14(20)15(10(2)3)5-6-16-9-15/h10-12,16H,4-9H2,1-3H3,(H,18,19). The summed E-state index contributed by atoms with van der Waals surface area (Å²) in [4.78, 5) is 26.2. The molecule has 2 fully saturated rings. The second kappa shape index (κ2) is 6.32. The zero-order valence-electron chi connectivity index (χ0n) is 13.1. The number of carboxylic acids is 1. The van der Waals surface area contributed by atoms with E-state index in [2.05, 4.69) is 19.2 Å². The van der Waals surface area contributed by atoms with Crippen molar-refractivity contribution >= 4 is 11.9 Å². The van der Waals surface area contributed by atoms with E-state index in [-0.39, 0.29) is 24.5 Å². The maximum atomic E-state index is 13.1. The fraction of sp³-hybridized carbons (Fsp3) is 0.867. The van der Waals surface area contributed by atoms with Crippen molar-refractivity contribution < 1.29 is 19.4 Å². The summed E-state index contributed by atoms with van der Waals surface area (Å²) in [5.41, 5.74) is -0.415. The molecule has 3 atom stereocenters. The Morgan fingerprint density at radius 1 is 1.43 bits per heavy atom. The number of hydrogen-bond donors (Lipinski definition) is 2. The summed E-state index contributed by atoms with van der Waals surface area (Å²) < 4.78 is 5.33. The predicted octanol–water partition coefficient (Wildman–Crippen LogP) is 0.570. The van der Waals surface area contributed by atoms with Gasteiger partial charge in [0.05, 0.1) is 24.7 Å². The van der Waals surface area contributed by atoms with Crippen LogP contribution in [0.1, 0.15) is 27.2 Å². The highest BCUT2D eigenvalue weighted by molar-refractivity contribution is 5.85. The van der Waals surface area contributed by atoms with Gasteiger partial charge >= 0.3 is 5.97 Å². The summed E-state index contributed by atoms with van der Waals surface area (Å²) in [6.45, 7) is 8.58. The van der Waals surface area contributed by atoms with E-state index in [1.54, 1.807) is 4.90 Å². The Kier molecular flexibility index (Phi) is 4.88. The van der Waals surface area contributed by atoms with Gasteiger partial charge in [-0.05, 0) is 25.8 Å². The lowest BCUT2D eigenvalue weighted by Crippen LogP contribution is -2.54. The van der Waals surface area contributed by atoms with Gasteiger partial charge in [0.25, 0.3) is 0 Å². The smallest absolute Gasteiger partial charge is 0.311 e. The van der Waals surface area contributed by atoms with E-state index < -0.39 is 17.3 Å². The van der Waals surface area contributed by atoms with Crippen LogP contribution in [-0.2, 0) is 14.3 Å². The van der Waals surface area contributed by atoms with Crippen molar-refractivity contribution in [2.45, 2.75) is 33.2 Å². The van der Waals surface area contributed by atoms with Crippen LogP contribution in [-0.4, -0.2) is 60.8 Å². The minimum atomic E-state index is -0.883. The van der Waals surface area contributed by atoms with Gasteiger partial charge in [0, 0.05) is 13.1 Å². The van der Waals surface area contributed by atoms with Crippen molar-refractivity contribution in [3.8, 4) is 0 Å². The zero-order chi connectivity index (χ0) is 15.6. The predicted molar refractivity (Wildman–Crippen MR) is 77.9 cm³/mol. The van der Waals surface area contributed by atoms with Crippen LogP contribution in [0.25, 0.3) is 0 Å². The first-order valence-corrected chi connectivity index (χ1v) is 7.76. The van der Waals surface area contributed by atoms with Crippen LogP contribution < -0.4 is 5.32 Å². The van der Waals surface area contributed by atoms with Crippen LogP contribution in [0.3, 0.4) is 0 Å². The second-order valence-corrected chi connectivity index (χ2v) is 6.38. The van der Waals surface area contributed by atoms with Gasteiger partial charge in [-0.3, -0.25) is 9.59 Å². The molecule has 2 saturated heterocycles. The van der Waals surface area contributed by atoms with E-state index in [1.807, 2.05) is 6.92 Å². The van der Waals surface area contributed by atoms with E-state index in [9.17, 15) is 14.7 Å². The number of likely N-dealkylation sites (N-methyl/N-ethyl adjacent to an activating group) is 1. The molecule has 0 radical (unpaired) electrons. The first-order valence-electron chi connectivity index (χ1n) is 7.76. The number of carboxylic acid groups (broad SMARTS) is 1. The Labute approximate surface area is 125 Å². The molecule has 1 amide bonds. The molecule has 3 unspecified atom stereocenters. The van der Waals surface area contributed by atoms with Crippen LogP contribution in [0.5, 0.6) is 0 Å². The van der Waals surface area contributed by atoms with Crippen LogP contribution in [0.15, 0.2) is 0 Å². The third-order valence-corrected chi connectivity index (χ3v) is 5.09. The molecule has 0 saturated carbocycles. The van der Waals surface area contributed by atoms with Gasteiger partial charge in [0.2, 0.25) is 5.91 Å². The number of nitrogens with zero attached hydrogens (tertiary/aromatic N) is 1. The second-order valence-electron chi connectivity index (χ2n) is 6.38. The highest BCUT2D eigenvalue weighted by atomic mass is 16.5. The van der Waals surface area contributed by atoms with Crippen molar-refractivity contribution in [2.24, 2.45) is 17.3 Å². The SMILES string of the molecule is CCN(C(=O)C1(C(C)C)CCNC1)C1COCC1C(=O)O. The number of aliphatic carboxylic acids is 1. The average Bonchev–Trinajstić information content (AvgIpc) is 3.09. The summed E-state index contributed by atoms with van der Waals surface area (Å²) >= 11 is 0. The van der Waals surface area contributed by atoms with Crippen molar-refractivity contribution in [2.75, 3.05) is 32.8 Å². The Morgan fingerprint density at radius 3 is 2.62 bits per heavy atom. The molecule has 6 heteroatoms. The number of amides is 1. The van der Waals surface area contributed by atoms with Crippen LogP contribution in [0.2, 0.25) is 0 Å². The van der Waals surface area contributed by atoms with Crippen LogP contribution in [0, 0.1) is 17.3 Å². The van der Waals surface area contributed by atoms with Crippen molar-refractivity contribution in [1.29, 1.82) is 0 Å². The van der Waals surface area contributed by atoms with E-state index in [4.69, 9.17) is 4.74 Å². The molecule has 0 bridgehead atoms. The lowest BCUT2D eigenvalue weighted by Gasteiger charge is -2.39. The molecular weight excluding hydrogens is 272 g/mol. The Bertz CT molecular complexity index is 404. The molecule has 0 spiro atoms. The number of carbonyl (C=O) groups excluding carboxylic acids is 1. The van der Waals surface area contributed by atoms with Crippen molar-refractivity contribution in [1.82, 2.24) is 10.2 Å². The molecule has 0 aromatic carbocycles. The van der Waals surface area contributed by atoms with Gasteiger partial charge in [0.15, 0.2) is 0 Å². The van der Waals surface area contributed by atoms with Gasteiger partial charge in [-0.25, -0.2) is 0 Å². The Hall–Kier alpha value is -1.14. The number of ether oxygens (including phenoxy) is 1. The summed E-state index contributed by atoms with van der Waals surface area (Å²) in [6, 6.07) is -0.351. The third-order valence-electron chi connectivity index (χ3n) is 5.09. The van der Waals surface area contributed by atoms with E-state index in [1.165, 1.54) is 0 Å². The molecule has 120 valence electrons. The summed E-state index contributed by atoms with van der Waals surface area (Å²) in [7, 11) is 0. The molecule has 2 rings (SSSR count). The Morgan fingerprint density at radius 2 is 2.14 bits per heavy atom. The topological polar surface area (TPSA) is 78.9 Å². The lowest BCUT2D eigenvalue weighted by molar-refractivity contribution is -0.150. The quantitative estimate of drug-likeness (QED) is 0.776. The van der Waals surface area contributed by atoms with E-state index in [0.717, 1.165) is 13.0 Å². The molecule has 2 aliphatic heterocycles.